The van der Waals surface area contributed by atoms with E-state index in [-0.39, 0.29) is 5.82 Å². The van der Waals surface area contributed by atoms with E-state index in [1.165, 1.54) is 12.1 Å². The summed E-state index contributed by atoms with van der Waals surface area (Å²) in [6.45, 7) is 4.50. The molecule has 0 fully saturated rings. The second-order valence-electron chi connectivity index (χ2n) is 5.85. The van der Waals surface area contributed by atoms with Gasteiger partial charge in [-0.15, -0.1) is 5.10 Å². The van der Waals surface area contributed by atoms with Crippen LogP contribution in [0.4, 0.5) is 16.0 Å². The Bertz CT molecular complexity index is 886. The van der Waals surface area contributed by atoms with Crippen LogP contribution < -0.4 is 10.6 Å². The summed E-state index contributed by atoms with van der Waals surface area (Å²) in [5.41, 5.74) is 4.03. The Morgan fingerprint density at radius 3 is 2.60 bits per heavy atom. The van der Waals surface area contributed by atoms with Gasteiger partial charge in [0.05, 0.1) is 6.54 Å². The van der Waals surface area contributed by atoms with Crippen LogP contribution in [0.15, 0.2) is 48.8 Å². The van der Waals surface area contributed by atoms with Gasteiger partial charge in [-0.3, -0.25) is 5.32 Å². The first kappa shape index (κ1) is 17.0. The molecule has 0 bridgehead atoms. The van der Waals surface area contributed by atoms with Crippen LogP contribution in [0.2, 0.25) is 0 Å². The largest absolute Gasteiger partial charge is 0.332 e. The van der Waals surface area contributed by atoms with E-state index < -0.39 is 0 Å². The van der Waals surface area contributed by atoms with Crippen molar-refractivity contribution in [2.75, 3.05) is 10.6 Å². The molecule has 25 heavy (non-hydrogen) atoms. The standard InChI is InChI=1S/C18H18FN5S/c1-12-6-13(2)8-16(7-12)21-18(25)22-17-20-11-24(23-17)10-14-4-3-5-15(19)9-14/h3-9,11H,10H2,1-2H3,(H2,21,22,23,25). The fourth-order valence-electron chi connectivity index (χ4n) is 2.56. The number of hydrogen-bond donors (Lipinski definition) is 2. The van der Waals surface area contributed by atoms with Crippen LogP contribution in [0.5, 0.6) is 0 Å². The summed E-state index contributed by atoms with van der Waals surface area (Å²) in [6, 6.07) is 12.5. The Labute approximate surface area is 150 Å². The molecule has 0 aliphatic rings. The van der Waals surface area contributed by atoms with Gasteiger partial charge in [0, 0.05) is 5.69 Å². The number of aromatic nitrogens is 3. The van der Waals surface area contributed by atoms with E-state index >= 15 is 0 Å². The van der Waals surface area contributed by atoms with Gasteiger partial charge in [-0.05, 0) is 67.0 Å². The predicted molar refractivity (Wildman–Crippen MR) is 101 cm³/mol. The van der Waals surface area contributed by atoms with Crippen LogP contribution in [0.1, 0.15) is 16.7 Å². The topological polar surface area (TPSA) is 54.8 Å². The van der Waals surface area contributed by atoms with Crippen molar-refractivity contribution in [3.05, 3.63) is 71.3 Å². The maximum atomic E-state index is 13.2. The van der Waals surface area contributed by atoms with Crippen LogP contribution in [-0.2, 0) is 6.54 Å². The van der Waals surface area contributed by atoms with Crippen molar-refractivity contribution in [1.82, 2.24) is 14.8 Å². The van der Waals surface area contributed by atoms with Crippen molar-refractivity contribution in [3.63, 3.8) is 0 Å². The minimum absolute atomic E-state index is 0.269. The lowest BCUT2D eigenvalue weighted by atomic mass is 10.1. The molecule has 0 unspecified atom stereocenters. The maximum Gasteiger partial charge on any atom is 0.248 e. The molecule has 0 spiro atoms. The lowest BCUT2D eigenvalue weighted by Crippen LogP contribution is -2.20. The Morgan fingerprint density at radius 1 is 1.12 bits per heavy atom. The van der Waals surface area contributed by atoms with Gasteiger partial charge in [-0.25, -0.2) is 14.1 Å². The van der Waals surface area contributed by atoms with Gasteiger partial charge in [0.25, 0.3) is 0 Å². The monoisotopic (exact) mass is 355 g/mol. The zero-order chi connectivity index (χ0) is 17.8. The second-order valence-corrected chi connectivity index (χ2v) is 6.26. The van der Waals surface area contributed by atoms with Gasteiger partial charge < -0.3 is 5.32 Å². The van der Waals surface area contributed by atoms with Gasteiger partial charge in [0.15, 0.2) is 5.11 Å². The van der Waals surface area contributed by atoms with Crippen LogP contribution in [0.3, 0.4) is 0 Å². The normalized spacial score (nSPS) is 10.5. The first-order chi connectivity index (χ1) is 12.0. The van der Waals surface area contributed by atoms with Crippen LogP contribution >= 0.6 is 12.2 Å². The summed E-state index contributed by atoms with van der Waals surface area (Å²) in [7, 11) is 0. The van der Waals surface area contributed by atoms with Crippen molar-refractivity contribution in [2.45, 2.75) is 20.4 Å². The molecule has 5 nitrogen and oxygen atoms in total. The highest BCUT2D eigenvalue weighted by Crippen LogP contribution is 2.14. The Hall–Kier alpha value is -2.80. The summed E-state index contributed by atoms with van der Waals surface area (Å²) >= 11 is 5.30. The second kappa shape index (κ2) is 7.40. The number of rotatable bonds is 4. The molecule has 3 aromatic rings. The summed E-state index contributed by atoms with van der Waals surface area (Å²) < 4.78 is 14.8. The summed E-state index contributed by atoms with van der Waals surface area (Å²) in [5, 5.41) is 10.8. The molecule has 0 radical (unpaired) electrons. The quantitative estimate of drug-likeness (QED) is 0.696. The number of halogens is 1. The predicted octanol–water partition coefficient (Wildman–Crippen LogP) is 3.89. The molecule has 2 aromatic carbocycles. The number of aryl methyl sites for hydroxylation is 2. The number of nitrogens with one attached hydrogen (secondary N) is 2. The average Bonchev–Trinajstić information content (AvgIpc) is 2.92. The highest BCUT2D eigenvalue weighted by Gasteiger charge is 2.05. The van der Waals surface area contributed by atoms with Crippen molar-refractivity contribution < 1.29 is 4.39 Å². The molecule has 0 aliphatic heterocycles. The smallest absolute Gasteiger partial charge is 0.248 e. The third-order valence-corrected chi connectivity index (χ3v) is 3.68. The molecule has 0 atom stereocenters. The zero-order valence-corrected chi connectivity index (χ0v) is 14.8. The molecule has 3 rings (SSSR count). The lowest BCUT2D eigenvalue weighted by molar-refractivity contribution is 0.619. The molecule has 128 valence electrons. The fourth-order valence-corrected chi connectivity index (χ4v) is 2.77. The van der Waals surface area contributed by atoms with Crippen molar-refractivity contribution in [1.29, 1.82) is 0 Å². The van der Waals surface area contributed by atoms with E-state index in [0.29, 0.717) is 17.6 Å². The van der Waals surface area contributed by atoms with Gasteiger partial charge in [0.2, 0.25) is 5.95 Å². The number of hydrogen-bond acceptors (Lipinski definition) is 3. The first-order valence-electron chi connectivity index (χ1n) is 7.78. The average molecular weight is 355 g/mol. The summed E-state index contributed by atoms with van der Waals surface area (Å²) in [5.74, 6) is 0.119. The zero-order valence-electron chi connectivity index (χ0n) is 14.0. The van der Waals surface area contributed by atoms with Gasteiger partial charge in [0.1, 0.15) is 12.1 Å². The third kappa shape index (κ3) is 4.84. The Kier molecular flexibility index (Phi) is 5.04. The maximum absolute atomic E-state index is 13.2. The van der Waals surface area contributed by atoms with Crippen LogP contribution in [0.25, 0.3) is 0 Å². The number of nitrogens with zero attached hydrogens (tertiary/aromatic N) is 3. The third-order valence-electron chi connectivity index (χ3n) is 3.47. The van der Waals surface area contributed by atoms with Crippen LogP contribution in [-0.4, -0.2) is 19.9 Å². The van der Waals surface area contributed by atoms with Crippen molar-refractivity contribution in [3.8, 4) is 0 Å². The van der Waals surface area contributed by atoms with E-state index in [2.05, 4.69) is 26.8 Å². The summed E-state index contributed by atoms with van der Waals surface area (Å²) in [4.78, 5) is 4.17. The molecule has 0 amide bonds. The van der Waals surface area contributed by atoms with Crippen molar-refractivity contribution in [2.24, 2.45) is 0 Å². The van der Waals surface area contributed by atoms with E-state index in [9.17, 15) is 4.39 Å². The Balaban J connectivity index is 1.61. The molecule has 2 N–H and O–H groups in total. The molecule has 0 saturated carbocycles. The van der Waals surface area contributed by atoms with E-state index in [0.717, 1.165) is 22.4 Å². The SMILES string of the molecule is Cc1cc(C)cc(NC(=S)Nc2ncn(Cc3cccc(F)c3)n2)c1. The molecule has 1 heterocycles. The number of anilines is 2. The van der Waals surface area contributed by atoms with Crippen LogP contribution in [0, 0.1) is 19.7 Å². The fraction of sp³-hybridized carbons (Fsp3) is 0.167. The minimum Gasteiger partial charge on any atom is -0.332 e. The van der Waals surface area contributed by atoms with Gasteiger partial charge in [-0.1, -0.05) is 18.2 Å². The molecule has 1 aromatic heterocycles. The van der Waals surface area contributed by atoms with E-state index in [1.54, 1.807) is 17.1 Å². The van der Waals surface area contributed by atoms with E-state index in [1.807, 2.05) is 32.0 Å². The molecule has 0 aliphatic carbocycles. The first-order valence-corrected chi connectivity index (χ1v) is 8.19. The van der Waals surface area contributed by atoms with Gasteiger partial charge >= 0.3 is 0 Å². The minimum atomic E-state index is -0.269. The number of benzene rings is 2. The molecular formula is C18H18FN5S. The molecular weight excluding hydrogens is 337 g/mol. The molecule has 0 saturated heterocycles. The summed E-state index contributed by atoms with van der Waals surface area (Å²) in [6.07, 6.45) is 1.58. The number of thiocarbonyl (C=S) groups is 1. The highest BCUT2D eigenvalue weighted by molar-refractivity contribution is 7.80. The lowest BCUT2D eigenvalue weighted by Gasteiger charge is -2.09. The Morgan fingerprint density at radius 2 is 1.88 bits per heavy atom. The van der Waals surface area contributed by atoms with E-state index in [4.69, 9.17) is 12.2 Å². The molecule has 7 heteroatoms. The highest BCUT2D eigenvalue weighted by atomic mass is 32.1. The van der Waals surface area contributed by atoms with Gasteiger partial charge in [-0.2, -0.15) is 0 Å². The van der Waals surface area contributed by atoms with Crippen molar-refractivity contribution >= 4 is 29.0 Å².